The number of aryl methyl sites for hydroxylation is 2. The molecule has 1 amide bonds. The van der Waals surface area contributed by atoms with Crippen LogP contribution in [0.5, 0.6) is 0 Å². The molecule has 0 saturated carbocycles. The van der Waals surface area contributed by atoms with Gasteiger partial charge in [0.15, 0.2) is 0 Å². The van der Waals surface area contributed by atoms with E-state index in [1.54, 1.807) is 25.2 Å². The molecule has 3 rings (SSSR count). The summed E-state index contributed by atoms with van der Waals surface area (Å²) < 4.78 is 1.52. The summed E-state index contributed by atoms with van der Waals surface area (Å²) in [6.07, 6.45) is 0. The summed E-state index contributed by atoms with van der Waals surface area (Å²) in [4.78, 5) is 26.5. The zero-order valence-electron chi connectivity index (χ0n) is 12.5. The first-order valence-electron chi connectivity index (χ1n) is 7.07. The Balaban J connectivity index is 1.79. The van der Waals surface area contributed by atoms with Crippen molar-refractivity contribution in [3.63, 3.8) is 0 Å². The van der Waals surface area contributed by atoms with Gasteiger partial charge in [0.25, 0.3) is 5.91 Å². The third kappa shape index (κ3) is 2.65. The zero-order valence-corrected chi connectivity index (χ0v) is 12.5. The Morgan fingerprint density at radius 1 is 1.23 bits per heavy atom. The Kier molecular flexibility index (Phi) is 3.55. The van der Waals surface area contributed by atoms with Crippen LogP contribution in [0.4, 0.5) is 0 Å². The van der Waals surface area contributed by atoms with Crippen LogP contribution in [0.15, 0.2) is 47.3 Å². The van der Waals surface area contributed by atoms with Crippen molar-refractivity contribution in [3.8, 4) is 0 Å². The number of fused-ring (bicyclic) bond motifs is 1. The number of hydrogen-bond acceptors (Lipinski definition) is 2. The van der Waals surface area contributed by atoms with Crippen molar-refractivity contribution in [1.82, 2.24) is 14.9 Å². The molecule has 0 radical (unpaired) electrons. The molecule has 0 fully saturated rings. The summed E-state index contributed by atoms with van der Waals surface area (Å²) in [5.41, 5.74) is 4.00. The molecule has 2 aromatic carbocycles. The molecular weight excluding hydrogens is 278 g/mol. The quantitative estimate of drug-likeness (QED) is 0.777. The molecule has 0 bridgehead atoms. The number of benzene rings is 2. The number of aromatic amines is 1. The van der Waals surface area contributed by atoms with E-state index in [1.807, 2.05) is 31.2 Å². The van der Waals surface area contributed by atoms with Gasteiger partial charge in [0.05, 0.1) is 11.0 Å². The lowest BCUT2D eigenvalue weighted by molar-refractivity contribution is 0.0951. The van der Waals surface area contributed by atoms with Gasteiger partial charge >= 0.3 is 5.69 Å². The van der Waals surface area contributed by atoms with Crippen LogP contribution in [-0.2, 0) is 13.6 Å². The first-order valence-corrected chi connectivity index (χ1v) is 7.07. The first-order chi connectivity index (χ1) is 10.5. The number of imidazole rings is 1. The van der Waals surface area contributed by atoms with Gasteiger partial charge in [-0.05, 0) is 30.7 Å². The van der Waals surface area contributed by atoms with Crippen molar-refractivity contribution in [2.45, 2.75) is 13.5 Å². The van der Waals surface area contributed by atoms with Crippen LogP contribution in [0.2, 0.25) is 0 Å². The minimum absolute atomic E-state index is 0.159. The average molecular weight is 295 g/mol. The molecule has 0 aliphatic rings. The third-order valence-corrected chi connectivity index (χ3v) is 3.70. The predicted molar refractivity (Wildman–Crippen MR) is 85.9 cm³/mol. The van der Waals surface area contributed by atoms with Crippen LogP contribution >= 0.6 is 0 Å². The topological polar surface area (TPSA) is 66.9 Å². The summed E-state index contributed by atoms with van der Waals surface area (Å²) in [6.45, 7) is 2.49. The van der Waals surface area contributed by atoms with E-state index in [0.29, 0.717) is 17.6 Å². The lowest BCUT2D eigenvalue weighted by atomic mass is 10.1. The fourth-order valence-electron chi connectivity index (χ4n) is 2.48. The number of nitrogens with one attached hydrogen (secondary N) is 2. The summed E-state index contributed by atoms with van der Waals surface area (Å²) in [7, 11) is 1.69. The maximum Gasteiger partial charge on any atom is 0.326 e. The van der Waals surface area contributed by atoms with Gasteiger partial charge in [0, 0.05) is 19.2 Å². The minimum atomic E-state index is -0.188. The molecule has 2 N–H and O–H groups in total. The smallest absolute Gasteiger partial charge is 0.326 e. The highest BCUT2D eigenvalue weighted by Gasteiger charge is 2.09. The van der Waals surface area contributed by atoms with E-state index in [2.05, 4.69) is 10.3 Å². The minimum Gasteiger partial charge on any atom is -0.348 e. The normalized spacial score (nSPS) is 10.8. The van der Waals surface area contributed by atoms with Gasteiger partial charge in [-0.1, -0.05) is 29.8 Å². The van der Waals surface area contributed by atoms with Gasteiger partial charge in [-0.15, -0.1) is 0 Å². The highest BCUT2D eigenvalue weighted by Crippen LogP contribution is 2.12. The van der Waals surface area contributed by atoms with Crippen LogP contribution in [0.3, 0.4) is 0 Å². The number of carbonyl (C=O) groups excluding carboxylic acids is 1. The summed E-state index contributed by atoms with van der Waals surface area (Å²) in [5, 5.41) is 2.89. The van der Waals surface area contributed by atoms with E-state index in [-0.39, 0.29) is 11.6 Å². The molecule has 3 aromatic rings. The molecule has 0 unspecified atom stereocenters. The molecule has 5 nitrogen and oxygen atoms in total. The molecule has 0 atom stereocenters. The van der Waals surface area contributed by atoms with Crippen molar-refractivity contribution in [3.05, 3.63) is 69.6 Å². The number of aromatic nitrogens is 2. The largest absolute Gasteiger partial charge is 0.348 e. The van der Waals surface area contributed by atoms with Crippen molar-refractivity contribution in [2.75, 3.05) is 0 Å². The molecule has 0 saturated heterocycles. The number of amides is 1. The number of rotatable bonds is 3. The maximum absolute atomic E-state index is 12.2. The Labute approximate surface area is 127 Å². The zero-order chi connectivity index (χ0) is 15.7. The van der Waals surface area contributed by atoms with E-state index in [9.17, 15) is 9.59 Å². The van der Waals surface area contributed by atoms with E-state index >= 15 is 0 Å². The lowest BCUT2D eigenvalue weighted by Crippen LogP contribution is -2.22. The number of nitrogens with zero attached hydrogens (tertiary/aromatic N) is 1. The summed E-state index contributed by atoms with van der Waals surface area (Å²) >= 11 is 0. The van der Waals surface area contributed by atoms with Crippen LogP contribution < -0.4 is 11.0 Å². The summed E-state index contributed by atoms with van der Waals surface area (Å²) in [5.74, 6) is -0.159. The second-order valence-corrected chi connectivity index (χ2v) is 5.39. The van der Waals surface area contributed by atoms with E-state index < -0.39 is 0 Å². The molecule has 0 aliphatic carbocycles. The Bertz CT molecular complexity index is 906. The molecule has 1 aromatic heterocycles. The van der Waals surface area contributed by atoms with Gasteiger partial charge in [0.1, 0.15) is 0 Å². The molecule has 0 aliphatic heterocycles. The molecule has 5 heteroatoms. The Morgan fingerprint density at radius 3 is 2.82 bits per heavy atom. The third-order valence-electron chi connectivity index (χ3n) is 3.70. The van der Waals surface area contributed by atoms with Crippen molar-refractivity contribution < 1.29 is 4.79 Å². The second-order valence-electron chi connectivity index (χ2n) is 5.39. The monoisotopic (exact) mass is 295 g/mol. The molecule has 22 heavy (non-hydrogen) atoms. The van der Waals surface area contributed by atoms with Gasteiger partial charge in [-0.3, -0.25) is 9.36 Å². The molecular formula is C17H17N3O2. The predicted octanol–water partition coefficient (Wildman–Crippen LogP) is 2.11. The standard InChI is InChI=1S/C17H17N3O2/c1-11-4-3-5-12(8-11)10-18-16(21)13-6-7-15-14(9-13)19-17(22)20(15)2/h3-9H,10H2,1-2H3,(H,18,21)(H,19,22). The van der Waals surface area contributed by atoms with Gasteiger partial charge in [-0.2, -0.15) is 0 Å². The van der Waals surface area contributed by atoms with Crippen molar-refractivity contribution in [1.29, 1.82) is 0 Å². The van der Waals surface area contributed by atoms with E-state index in [0.717, 1.165) is 16.6 Å². The lowest BCUT2D eigenvalue weighted by Gasteiger charge is -2.06. The van der Waals surface area contributed by atoms with Gasteiger partial charge in [0.2, 0.25) is 0 Å². The fraction of sp³-hybridized carbons (Fsp3) is 0.176. The van der Waals surface area contributed by atoms with Crippen LogP contribution in [0.1, 0.15) is 21.5 Å². The average Bonchev–Trinajstić information content (AvgIpc) is 2.79. The van der Waals surface area contributed by atoms with E-state index in [1.165, 1.54) is 4.57 Å². The number of hydrogen-bond donors (Lipinski definition) is 2. The van der Waals surface area contributed by atoms with Crippen LogP contribution in [0, 0.1) is 6.92 Å². The number of H-pyrrole nitrogens is 1. The number of carbonyl (C=O) groups is 1. The first kappa shape index (κ1) is 14.1. The Morgan fingerprint density at radius 2 is 2.05 bits per heavy atom. The fourth-order valence-corrected chi connectivity index (χ4v) is 2.48. The van der Waals surface area contributed by atoms with Crippen molar-refractivity contribution >= 4 is 16.9 Å². The molecule has 112 valence electrons. The highest BCUT2D eigenvalue weighted by molar-refractivity contribution is 5.97. The van der Waals surface area contributed by atoms with E-state index in [4.69, 9.17) is 0 Å². The Hall–Kier alpha value is -2.82. The van der Waals surface area contributed by atoms with Crippen LogP contribution in [-0.4, -0.2) is 15.5 Å². The summed E-state index contributed by atoms with van der Waals surface area (Å²) in [6, 6.07) is 13.2. The second kappa shape index (κ2) is 5.52. The molecule has 1 heterocycles. The highest BCUT2D eigenvalue weighted by atomic mass is 16.2. The van der Waals surface area contributed by atoms with Crippen molar-refractivity contribution in [2.24, 2.45) is 7.05 Å². The SMILES string of the molecule is Cc1cccc(CNC(=O)c2ccc3c(c2)[nH]c(=O)n3C)c1. The maximum atomic E-state index is 12.2. The van der Waals surface area contributed by atoms with Gasteiger partial charge < -0.3 is 10.3 Å². The van der Waals surface area contributed by atoms with Gasteiger partial charge in [-0.25, -0.2) is 4.79 Å². The van der Waals surface area contributed by atoms with Crippen LogP contribution in [0.25, 0.3) is 11.0 Å². The molecule has 0 spiro atoms.